The first-order valence-electron chi connectivity index (χ1n) is 10.2. The molecule has 2 aromatic carbocycles. The van der Waals surface area contributed by atoms with Crippen molar-refractivity contribution in [2.45, 2.75) is 19.4 Å². The Balaban J connectivity index is 1.44. The molecule has 0 unspecified atom stereocenters. The third-order valence-corrected chi connectivity index (χ3v) is 5.70. The lowest BCUT2D eigenvalue weighted by atomic mass is 10.1. The lowest BCUT2D eigenvalue weighted by molar-refractivity contribution is -0.119. The second-order valence-electron chi connectivity index (χ2n) is 7.87. The largest absolute Gasteiger partial charge is 0.447 e. The highest BCUT2D eigenvalue weighted by Crippen LogP contribution is 2.28. The van der Waals surface area contributed by atoms with Gasteiger partial charge in [-0.2, -0.15) is 0 Å². The van der Waals surface area contributed by atoms with Gasteiger partial charge in [-0.3, -0.25) is 9.69 Å². The Hall–Kier alpha value is -3.33. The number of cyclic esters (lactones) is 1. The van der Waals surface area contributed by atoms with Crippen LogP contribution in [0.3, 0.4) is 0 Å². The summed E-state index contributed by atoms with van der Waals surface area (Å²) in [6, 6.07) is 9.59. The standard InChI is InChI=1S/C22H22ClFN4O4/c1-13-10-19(28(12-13)21(30)25-15-4-2-14(23)3-5-15)20(29)26-18-7-6-16(11-17(18)24)27-8-9-32-22(27)31/h2-7,11,13,19H,8-10,12H2,1H3,(H,25,30)(H,26,29)/t13-,19-/m1/s1. The van der Waals surface area contributed by atoms with E-state index in [-0.39, 0.29) is 18.2 Å². The molecule has 0 spiro atoms. The zero-order valence-electron chi connectivity index (χ0n) is 17.3. The van der Waals surface area contributed by atoms with Crippen LogP contribution >= 0.6 is 11.6 Å². The molecule has 0 aliphatic carbocycles. The molecule has 4 amide bonds. The molecule has 0 aromatic heterocycles. The van der Waals surface area contributed by atoms with Crippen LogP contribution in [0, 0.1) is 11.7 Å². The van der Waals surface area contributed by atoms with Crippen LogP contribution in [0.1, 0.15) is 13.3 Å². The van der Waals surface area contributed by atoms with Gasteiger partial charge in [0.1, 0.15) is 18.5 Å². The van der Waals surface area contributed by atoms with Crippen LogP contribution in [0.2, 0.25) is 5.02 Å². The fraction of sp³-hybridized carbons (Fsp3) is 0.318. The van der Waals surface area contributed by atoms with Crippen molar-refractivity contribution in [3.63, 3.8) is 0 Å². The van der Waals surface area contributed by atoms with E-state index >= 15 is 0 Å². The van der Waals surface area contributed by atoms with Crippen molar-refractivity contribution in [2.75, 3.05) is 35.2 Å². The number of hydrogen-bond acceptors (Lipinski definition) is 4. The summed E-state index contributed by atoms with van der Waals surface area (Å²) in [4.78, 5) is 40.1. The molecule has 2 fully saturated rings. The summed E-state index contributed by atoms with van der Waals surface area (Å²) < 4.78 is 19.5. The SMILES string of the molecule is C[C@@H]1C[C@H](C(=O)Nc2ccc(N3CCOC3=O)cc2F)N(C(=O)Nc2ccc(Cl)cc2)C1. The van der Waals surface area contributed by atoms with Gasteiger partial charge in [0.2, 0.25) is 5.91 Å². The summed E-state index contributed by atoms with van der Waals surface area (Å²) in [7, 11) is 0. The van der Waals surface area contributed by atoms with Crippen molar-refractivity contribution >= 4 is 46.7 Å². The number of nitrogens with zero attached hydrogens (tertiary/aromatic N) is 2. The molecule has 2 N–H and O–H groups in total. The number of ether oxygens (including phenoxy) is 1. The summed E-state index contributed by atoms with van der Waals surface area (Å²) in [5, 5.41) is 5.88. The summed E-state index contributed by atoms with van der Waals surface area (Å²) in [6.07, 6.45) is -0.0809. The normalized spacial score (nSPS) is 20.3. The molecule has 2 aliphatic rings. The smallest absolute Gasteiger partial charge is 0.414 e. The van der Waals surface area contributed by atoms with E-state index in [1.54, 1.807) is 24.3 Å². The predicted octanol–water partition coefficient (Wildman–Crippen LogP) is 4.32. The number of anilines is 3. The van der Waals surface area contributed by atoms with Gasteiger partial charge in [-0.05, 0) is 54.8 Å². The van der Waals surface area contributed by atoms with Gasteiger partial charge in [-0.15, -0.1) is 0 Å². The van der Waals surface area contributed by atoms with Crippen LogP contribution in [0.15, 0.2) is 42.5 Å². The maximum absolute atomic E-state index is 14.6. The van der Waals surface area contributed by atoms with E-state index in [4.69, 9.17) is 16.3 Å². The average Bonchev–Trinajstić information content (AvgIpc) is 3.37. The summed E-state index contributed by atoms with van der Waals surface area (Å²) in [5.74, 6) is -1.05. The highest BCUT2D eigenvalue weighted by Gasteiger charge is 2.38. The first-order chi connectivity index (χ1) is 15.3. The van der Waals surface area contributed by atoms with Crippen molar-refractivity contribution in [3.05, 3.63) is 53.3 Å². The molecule has 4 rings (SSSR count). The van der Waals surface area contributed by atoms with E-state index in [9.17, 15) is 18.8 Å². The number of rotatable bonds is 4. The molecule has 2 atom stereocenters. The lowest BCUT2D eigenvalue weighted by Gasteiger charge is -2.24. The van der Waals surface area contributed by atoms with Crippen molar-refractivity contribution in [1.82, 2.24) is 4.90 Å². The molecular formula is C22H22ClFN4O4. The first kappa shape index (κ1) is 21.9. The van der Waals surface area contributed by atoms with Crippen LogP contribution in [0.5, 0.6) is 0 Å². The fourth-order valence-electron chi connectivity index (χ4n) is 3.86. The summed E-state index contributed by atoms with van der Waals surface area (Å²) in [6.45, 7) is 2.92. The van der Waals surface area contributed by atoms with E-state index in [2.05, 4.69) is 10.6 Å². The van der Waals surface area contributed by atoms with E-state index in [1.165, 1.54) is 28.0 Å². The van der Waals surface area contributed by atoms with E-state index in [0.717, 1.165) is 0 Å². The summed E-state index contributed by atoms with van der Waals surface area (Å²) in [5.41, 5.74) is 0.880. The number of urea groups is 1. The molecule has 2 heterocycles. The monoisotopic (exact) mass is 460 g/mol. The second-order valence-corrected chi connectivity index (χ2v) is 8.30. The van der Waals surface area contributed by atoms with Crippen LogP contribution in [0.25, 0.3) is 0 Å². The average molecular weight is 461 g/mol. The molecule has 168 valence electrons. The minimum absolute atomic E-state index is 0.0241. The predicted molar refractivity (Wildman–Crippen MR) is 118 cm³/mol. The number of benzene rings is 2. The number of carbonyl (C=O) groups is 3. The summed E-state index contributed by atoms with van der Waals surface area (Å²) >= 11 is 5.87. The molecular weight excluding hydrogens is 439 g/mol. The third-order valence-electron chi connectivity index (χ3n) is 5.45. The van der Waals surface area contributed by atoms with Gasteiger partial charge in [0.25, 0.3) is 0 Å². The van der Waals surface area contributed by atoms with Gasteiger partial charge in [0, 0.05) is 17.3 Å². The topological polar surface area (TPSA) is 91.0 Å². The van der Waals surface area contributed by atoms with Gasteiger partial charge in [-0.25, -0.2) is 14.0 Å². The van der Waals surface area contributed by atoms with Gasteiger partial charge in [0.15, 0.2) is 0 Å². The Morgan fingerprint density at radius 1 is 1.16 bits per heavy atom. The highest BCUT2D eigenvalue weighted by atomic mass is 35.5. The number of nitrogens with one attached hydrogen (secondary N) is 2. The van der Waals surface area contributed by atoms with Crippen molar-refractivity contribution in [1.29, 1.82) is 0 Å². The Kier molecular flexibility index (Phi) is 6.18. The van der Waals surface area contributed by atoms with Gasteiger partial charge >= 0.3 is 12.1 Å². The Morgan fingerprint density at radius 2 is 1.91 bits per heavy atom. The van der Waals surface area contributed by atoms with E-state index < -0.39 is 29.9 Å². The molecule has 32 heavy (non-hydrogen) atoms. The molecule has 2 saturated heterocycles. The van der Waals surface area contributed by atoms with Crippen LogP contribution in [-0.2, 0) is 9.53 Å². The fourth-order valence-corrected chi connectivity index (χ4v) is 3.99. The number of amides is 4. The molecule has 0 radical (unpaired) electrons. The maximum atomic E-state index is 14.6. The Bertz CT molecular complexity index is 1050. The van der Waals surface area contributed by atoms with Crippen LogP contribution in [0.4, 0.5) is 31.0 Å². The second kappa shape index (κ2) is 9.04. The highest BCUT2D eigenvalue weighted by molar-refractivity contribution is 6.30. The Morgan fingerprint density at radius 3 is 2.56 bits per heavy atom. The van der Waals surface area contributed by atoms with E-state index in [1.807, 2.05) is 6.92 Å². The maximum Gasteiger partial charge on any atom is 0.414 e. The molecule has 2 aromatic rings. The van der Waals surface area contributed by atoms with Crippen molar-refractivity contribution in [3.8, 4) is 0 Å². The third kappa shape index (κ3) is 4.62. The van der Waals surface area contributed by atoms with Crippen LogP contribution < -0.4 is 15.5 Å². The van der Waals surface area contributed by atoms with Gasteiger partial charge in [0.05, 0.1) is 17.9 Å². The molecule has 0 bridgehead atoms. The number of hydrogen-bond donors (Lipinski definition) is 2. The van der Waals surface area contributed by atoms with Crippen molar-refractivity contribution in [2.24, 2.45) is 5.92 Å². The van der Waals surface area contributed by atoms with Crippen molar-refractivity contribution < 1.29 is 23.5 Å². The number of likely N-dealkylation sites (tertiary alicyclic amines) is 1. The molecule has 0 saturated carbocycles. The molecule has 2 aliphatic heterocycles. The quantitative estimate of drug-likeness (QED) is 0.711. The zero-order chi connectivity index (χ0) is 22.8. The lowest BCUT2D eigenvalue weighted by Crippen LogP contribution is -2.45. The first-order valence-corrected chi connectivity index (χ1v) is 10.6. The zero-order valence-corrected chi connectivity index (χ0v) is 18.1. The molecule has 8 nitrogen and oxygen atoms in total. The van der Waals surface area contributed by atoms with Gasteiger partial charge < -0.3 is 20.3 Å². The number of carbonyl (C=O) groups excluding carboxylic acids is 3. The van der Waals surface area contributed by atoms with Gasteiger partial charge in [-0.1, -0.05) is 18.5 Å². The van der Waals surface area contributed by atoms with E-state index in [0.29, 0.717) is 35.9 Å². The minimum Gasteiger partial charge on any atom is -0.447 e. The number of halogens is 2. The minimum atomic E-state index is -0.745. The van der Waals surface area contributed by atoms with Crippen LogP contribution in [-0.4, -0.2) is 48.7 Å². The Labute approximate surface area is 189 Å². The molecule has 10 heteroatoms.